The van der Waals surface area contributed by atoms with Crippen molar-refractivity contribution in [3.8, 4) is 17.2 Å². The van der Waals surface area contributed by atoms with Crippen molar-refractivity contribution in [3.05, 3.63) is 106 Å². The van der Waals surface area contributed by atoms with E-state index in [0.717, 1.165) is 19.3 Å². The summed E-state index contributed by atoms with van der Waals surface area (Å²) in [6, 6.07) is 24.4. The summed E-state index contributed by atoms with van der Waals surface area (Å²) in [7, 11) is 0. The third kappa shape index (κ3) is 19.7. The van der Waals surface area contributed by atoms with Crippen molar-refractivity contribution in [2.45, 2.75) is 194 Å². The molecule has 63 heavy (non-hydrogen) atoms. The number of hydrogen-bond acceptors (Lipinski definition) is 6. The van der Waals surface area contributed by atoms with E-state index >= 15 is 0 Å². The number of hydrogen-bond donors (Lipinski definition) is 3. The molecule has 6 heteroatoms. The molecular formula is C57H81N3O3. The molecule has 6 nitrogen and oxygen atoms in total. The molecule has 0 saturated carbocycles. The lowest BCUT2D eigenvalue weighted by atomic mass is 10.0. The topological polar surface area (TPSA) is 97.8 Å². The van der Waals surface area contributed by atoms with Gasteiger partial charge in [-0.05, 0) is 91.6 Å². The van der Waals surface area contributed by atoms with Crippen molar-refractivity contribution in [2.24, 2.45) is 15.0 Å². The molecule has 0 bridgehead atoms. The zero-order valence-electron chi connectivity index (χ0n) is 39.4. The summed E-state index contributed by atoms with van der Waals surface area (Å²) in [5, 5.41) is 34.6. The Kier molecular flexibility index (Phi) is 25.2. The van der Waals surface area contributed by atoms with Gasteiger partial charge in [0.1, 0.15) is 17.2 Å². The fraction of sp³-hybridized carbons (Fsp3) is 0.526. The van der Waals surface area contributed by atoms with E-state index in [4.69, 9.17) is 0 Å². The first-order valence-corrected chi connectivity index (χ1v) is 25.1. The summed E-state index contributed by atoms with van der Waals surface area (Å²) >= 11 is 0. The van der Waals surface area contributed by atoms with E-state index in [1.54, 1.807) is 0 Å². The number of unbranched alkanes of at least 4 members (excludes halogenated alkanes) is 21. The van der Waals surface area contributed by atoms with Crippen LogP contribution < -0.4 is 0 Å². The molecule has 4 rings (SSSR count). The predicted octanol–water partition coefficient (Wildman–Crippen LogP) is 17.1. The van der Waals surface area contributed by atoms with Gasteiger partial charge in [-0.15, -0.1) is 0 Å². The summed E-state index contributed by atoms with van der Waals surface area (Å²) in [4.78, 5) is 13.9. The Hall–Kier alpha value is -4.71. The van der Waals surface area contributed by atoms with Crippen molar-refractivity contribution >= 4 is 35.7 Å². The molecule has 0 spiro atoms. The number of phenols is 3. The lowest BCUT2D eigenvalue weighted by Crippen LogP contribution is -1.98. The monoisotopic (exact) mass is 856 g/mol. The van der Waals surface area contributed by atoms with Crippen LogP contribution in [0, 0.1) is 0 Å². The van der Waals surface area contributed by atoms with Gasteiger partial charge in [0.25, 0.3) is 0 Å². The fourth-order valence-electron chi connectivity index (χ4n) is 8.19. The molecule has 4 aromatic rings. The van der Waals surface area contributed by atoms with Crippen LogP contribution >= 0.6 is 0 Å². The highest BCUT2D eigenvalue weighted by atomic mass is 16.3. The second-order valence-electron chi connectivity index (χ2n) is 17.7. The molecule has 0 heterocycles. The maximum atomic E-state index is 11.5. The smallest absolute Gasteiger partial charge is 0.140 e. The van der Waals surface area contributed by atoms with Crippen molar-refractivity contribution in [1.82, 2.24) is 0 Å². The van der Waals surface area contributed by atoms with E-state index in [1.807, 2.05) is 36.4 Å². The summed E-state index contributed by atoms with van der Waals surface area (Å²) in [6.45, 7) is 6.77. The molecule has 3 N–H and O–H groups in total. The Balaban J connectivity index is 1.46. The van der Waals surface area contributed by atoms with Gasteiger partial charge in [-0.3, -0.25) is 15.0 Å². The van der Waals surface area contributed by atoms with Gasteiger partial charge >= 0.3 is 0 Å². The third-order valence-electron chi connectivity index (χ3n) is 12.3. The predicted molar refractivity (Wildman–Crippen MR) is 271 cm³/mol. The number of aliphatic imine (C=N–C) groups is 3. The van der Waals surface area contributed by atoms with Crippen LogP contribution in [0.25, 0.3) is 0 Å². The summed E-state index contributed by atoms with van der Waals surface area (Å²) in [5.41, 5.74) is 6.17. The summed E-state index contributed by atoms with van der Waals surface area (Å²) < 4.78 is 0. The van der Waals surface area contributed by atoms with Gasteiger partial charge in [-0.2, -0.15) is 0 Å². The lowest BCUT2D eigenvalue weighted by molar-refractivity contribution is 0.425. The van der Waals surface area contributed by atoms with Gasteiger partial charge in [0.2, 0.25) is 0 Å². The van der Waals surface area contributed by atoms with Crippen LogP contribution in [0.15, 0.2) is 87.8 Å². The second kappa shape index (κ2) is 31.2. The van der Waals surface area contributed by atoms with Gasteiger partial charge in [0.15, 0.2) is 0 Å². The molecule has 0 aliphatic heterocycles. The van der Waals surface area contributed by atoms with Gasteiger partial charge in [0.05, 0.1) is 33.8 Å². The van der Waals surface area contributed by atoms with Gasteiger partial charge in [0, 0.05) is 18.6 Å². The minimum Gasteiger partial charge on any atom is -0.506 e. The molecular weight excluding hydrogens is 775 g/mol. The first-order valence-electron chi connectivity index (χ1n) is 25.1. The molecule has 0 amide bonds. The number of aryl methyl sites for hydroxylation is 3. The highest BCUT2D eigenvalue weighted by Crippen LogP contribution is 2.40. The molecule has 0 fully saturated rings. The van der Waals surface area contributed by atoms with E-state index in [0.29, 0.717) is 17.1 Å². The maximum Gasteiger partial charge on any atom is 0.140 e. The zero-order chi connectivity index (χ0) is 44.7. The van der Waals surface area contributed by atoms with Crippen LogP contribution in [-0.4, -0.2) is 34.0 Å². The quantitative estimate of drug-likeness (QED) is 0.0329. The van der Waals surface area contributed by atoms with E-state index in [2.05, 4.69) is 72.1 Å². The number of rotatable bonds is 33. The van der Waals surface area contributed by atoms with Crippen LogP contribution in [-0.2, 0) is 19.3 Å². The number of phenolic OH excluding ortho intramolecular Hbond substituents is 3. The Bertz CT molecular complexity index is 1670. The molecule has 0 aliphatic rings. The van der Waals surface area contributed by atoms with Crippen LogP contribution in [0.3, 0.4) is 0 Å². The van der Waals surface area contributed by atoms with E-state index in [1.165, 1.54) is 189 Å². The molecule has 0 atom stereocenters. The SMILES string of the molecule is CCCCCCCCCCc1ccc(N=Cc2c(O)c(C=Nc3ccc(CCCCCCCCCC)cc3)c(O)c(C=Nc3ccc(CCCCCCCCCC)cc3)c2O)cc1. The summed E-state index contributed by atoms with van der Waals surface area (Å²) in [6.07, 6.45) is 38.5. The Morgan fingerprint density at radius 3 is 0.730 bits per heavy atom. The minimum atomic E-state index is -0.308. The van der Waals surface area contributed by atoms with Crippen molar-refractivity contribution < 1.29 is 15.3 Å². The third-order valence-corrected chi connectivity index (χ3v) is 12.3. The zero-order valence-corrected chi connectivity index (χ0v) is 39.4. The Morgan fingerprint density at radius 1 is 0.302 bits per heavy atom. The first kappa shape index (κ1) is 50.9. The largest absolute Gasteiger partial charge is 0.506 e. The second-order valence-corrected chi connectivity index (χ2v) is 17.7. The number of nitrogens with zero attached hydrogens (tertiary/aromatic N) is 3. The number of benzene rings is 4. The molecule has 0 radical (unpaired) electrons. The van der Waals surface area contributed by atoms with Crippen LogP contribution in [0.2, 0.25) is 0 Å². The Labute approximate surface area is 382 Å². The summed E-state index contributed by atoms with van der Waals surface area (Å²) in [5.74, 6) is -0.923. The van der Waals surface area contributed by atoms with Crippen molar-refractivity contribution in [3.63, 3.8) is 0 Å². The fourth-order valence-corrected chi connectivity index (χ4v) is 8.19. The maximum absolute atomic E-state index is 11.5. The van der Waals surface area contributed by atoms with Crippen molar-refractivity contribution in [1.29, 1.82) is 0 Å². The molecule has 4 aromatic carbocycles. The molecule has 0 saturated heterocycles. The van der Waals surface area contributed by atoms with Crippen LogP contribution in [0.5, 0.6) is 17.2 Å². The standard InChI is InChI=1S/C57H81N3O3/c1-4-7-10-13-16-19-22-25-28-46-31-37-49(38-32-46)58-43-52-55(61)53(44-59-50-39-33-47(34-40-50)29-26-23-20-17-14-11-8-5-2)57(63)54(56(52)62)45-60-51-41-35-48(36-42-51)30-27-24-21-18-15-12-9-6-3/h31-45,61-63H,4-30H2,1-3H3. The lowest BCUT2D eigenvalue weighted by Gasteiger charge is -2.12. The van der Waals surface area contributed by atoms with E-state index in [9.17, 15) is 15.3 Å². The van der Waals surface area contributed by atoms with Gasteiger partial charge < -0.3 is 15.3 Å². The molecule has 342 valence electrons. The molecule has 0 aliphatic carbocycles. The van der Waals surface area contributed by atoms with E-state index < -0.39 is 0 Å². The normalized spacial score (nSPS) is 11.9. The Morgan fingerprint density at radius 2 is 0.508 bits per heavy atom. The van der Waals surface area contributed by atoms with Crippen LogP contribution in [0.4, 0.5) is 17.1 Å². The average Bonchev–Trinajstić information content (AvgIpc) is 3.30. The van der Waals surface area contributed by atoms with Gasteiger partial charge in [-0.1, -0.05) is 192 Å². The highest BCUT2D eigenvalue weighted by Gasteiger charge is 2.21. The van der Waals surface area contributed by atoms with E-state index in [-0.39, 0.29) is 33.9 Å². The molecule has 0 unspecified atom stereocenters. The average molecular weight is 856 g/mol. The first-order chi connectivity index (χ1) is 30.9. The van der Waals surface area contributed by atoms with Crippen molar-refractivity contribution in [2.75, 3.05) is 0 Å². The molecule has 0 aromatic heterocycles. The highest BCUT2D eigenvalue weighted by molar-refractivity contribution is 6.04. The minimum absolute atomic E-state index is 0.0835. The van der Waals surface area contributed by atoms with Crippen LogP contribution in [0.1, 0.15) is 208 Å². The number of aromatic hydroxyl groups is 3. The van der Waals surface area contributed by atoms with Gasteiger partial charge in [-0.25, -0.2) is 0 Å².